The fourth-order valence-corrected chi connectivity index (χ4v) is 8.46. The van der Waals surface area contributed by atoms with Crippen molar-refractivity contribution in [1.82, 2.24) is 0 Å². The highest BCUT2D eigenvalue weighted by atomic mass is 32.2. The topological polar surface area (TPSA) is 6.25 Å². The summed E-state index contributed by atoms with van der Waals surface area (Å²) in [6.07, 6.45) is 12.8. The van der Waals surface area contributed by atoms with Gasteiger partial charge in [-0.2, -0.15) is 0 Å². The lowest BCUT2D eigenvalue weighted by atomic mass is 9.70. The molecule has 2 nitrogen and oxygen atoms in total. The summed E-state index contributed by atoms with van der Waals surface area (Å²) in [6.45, 7) is 8.14. The van der Waals surface area contributed by atoms with Crippen LogP contribution in [0.5, 0.6) is 0 Å². The number of benzene rings is 3. The summed E-state index contributed by atoms with van der Waals surface area (Å²) in [7, 11) is 0. The van der Waals surface area contributed by atoms with E-state index in [1.807, 2.05) is 0 Å². The van der Waals surface area contributed by atoms with Crippen molar-refractivity contribution in [1.29, 1.82) is 0 Å². The Morgan fingerprint density at radius 3 is 2.17 bits per heavy atom. The highest BCUT2D eigenvalue weighted by Gasteiger charge is 2.48. The van der Waals surface area contributed by atoms with E-state index in [2.05, 4.69) is 126 Å². The van der Waals surface area contributed by atoms with E-state index in [9.17, 15) is 0 Å². The molecule has 1 aliphatic carbocycles. The van der Waals surface area contributed by atoms with Crippen LogP contribution in [0.3, 0.4) is 0 Å². The molecule has 0 saturated heterocycles. The lowest BCUT2D eigenvalue weighted by Gasteiger charge is -2.35. The Morgan fingerprint density at radius 1 is 0.878 bits per heavy atom. The summed E-state index contributed by atoms with van der Waals surface area (Å²) >= 11 is 2.07. The number of para-hydroxylation sites is 1. The molecule has 0 bridgehead atoms. The molecule has 0 N–H and O–H groups in total. The average Bonchev–Trinajstić information content (AvgIpc) is 3.73. The number of rotatable bonds is 11. The van der Waals surface area contributed by atoms with Crippen LogP contribution in [0.1, 0.15) is 69.1 Å². The van der Waals surface area contributed by atoms with Gasteiger partial charge in [0.1, 0.15) is 6.54 Å². The molecule has 1 fully saturated rings. The summed E-state index contributed by atoms with van der Waals surface area (Å²) in [5.74, 6) is 2.79. The maximum atomic E-state index is 2.76. The highest BCUT2D eigenvalue weighted by Crippen LogP contribution is 2.52. The van der Waals surface area contributed by atoms with Gasteiger partial charge in [-0.3, -0.25) is 0 Å². The Morgan fingerprint density at radius 2 is 1.51 bits per heavy atom. The molecule has 41 heavy (non-hydrogen) atoms. The molecule has 6 rings (SSSR count). The van der Waals surface area contributed by atoms with E-state index >= 15 is 0 Å². The SMILES string of the molecule is CC(C)CC[N+]1=C(/C=C2/N(CCC3CCCC3)c3ccccc3C2(Cc2ccccc2)Cc2ccccc2)SCC1. The fraction of sp³-hybridized carbons (Fsp3) is 0.447. The van der Waals surface area contributed by atoms with Crippen LogP contribution in [-0.4, -0.2) is 35.0 Å². The van der Waals surface area contributed by atoms with Gasteiger partial charge in [0.15, 0.2) is 6.54 Å². The Labute approximate surface area is 252 Å². The summed E-state index contributed by atoms with van der Waals surface area (Å²) in [5.41, 5.74) is 7.17. The van der Waals surface area contributed by atoms with Crippen molar-refractivity contribution in [2.75, 3.05) is 30.3 Å². The van der Waals surface area contributed by atoms with Crippen LogP contribution in [0.4, 0.5) is 5.69 Å². The maximum Gasteiger partial charge on any atom is 0.236 e. The molecule has 0 unspecified atom stereocenters. The van der Waals surface area contributed by atoms with Crippen molar-refractivity contribution in [2.24, 2.45) is 11.8 Å². The molecule has 2 aliphatic heterocycles. The summed E-state index contributed by atoms with van der Waals surface area (Å²) < 4.78 is 2.67. The normalized spacial score (nSPS) is 19.6. The molecule has 214 valence electrons. The van der Waals surface area contributed by atoms with E-state index in [-0.39, 0.29) is 5.41 Å². The van der Waals surface area contributed by atoms with Crippen LogP contribution < -0.4 is 4.90 Å². The Bertz CT molecular complexity index is 1310. The Balaban J connectivity index is 1.50. The van der Waals surface area contributed by atoms with Crippen molar-refractivity contribution in [2.45, 2.75) is 70.6 Å². The molecule has 0 atom stereocenters. The van der Waals surface area contributed by atoms with Crippen LogP contribution in [0.15, 0.2) is 96.7 Å². The van der Waals surface area contributed by atoms with Gasteiger partial charge in [0.25, 0.3) is 0 Å². The first-order chi connectivity index (χ1) is 20.1. The number of hydrogen-bond acceptors (Lipinski definition) is 2. The van der Waals surface area contributed by atoms with Crippen LogP contribution in [-0.2, 0) is 18.3 Å². The quantitative estimate of drug-likeness (QED) is 0.215. The second-order valence-corrected chi connectivity index (χ2v) is 14.0. The Kier molecular flexibility index (Phi) is 9.01. The van der Waals surface area contributed by atoms with Crippen LogP contribution >= 0.6 is 11.8 Å². The molecule has 0 aromatic heterocycles. The van der Waals surface area contributed by atoms with Crippen molar-refractivity contribution < 1.29 is 4.58 Å². The van der Waals surface area contributed by atoms with E-state index in [4.69, 9.17) is 0 Å². The number of fused-ring (bicyclic) bond motifs is 1. The first-order valence-electron chi connectivity index (χ1n) is 16.0. The molecule has 3 aromatic carbocycles. The highest BCUT2D eigenvalue weighted by molar-refractivity contribution is 8.14. The number of hydrogen-bond donors (Lipinski definition) is 0. The number of anilines is 1. The lowest BCUT2D eigenvalue weighted by molar-refractivity contribution is -0.518. The van der Waals surface area contributed by atoms with Gasteiger partial charge in [-0.15, -0.1) is 0 Å². The van der Waals surface area contributed by atoms with Gasteiger partial charge in [0.2, 0.25) is 5.04 Å². The first-order valence-corrected chi connectivity index (χ1v) is 17.0. The molecule has 0 radical (unpaired) electrons. The van der Waals surface area contributed by atoms with E-state index in [1.165, 1.54) is 77.4 Å². The Hall–Kier alpha value is -2.78. The zero-order chi connectivity index (χ0) is 28.1. The van der Waals surface area contributed by atoms with Gasteiger partial charge in [-0.1, -0.05) is 130 Å². The molecule has 1 saturated carbocycles. The monoisotopic (exact) mass is 563 g/mol. The van der Waals surface area contributed by atoms with Crippen molar-refractivity contribution in [3.63, 3.8) is 0 Å². The predicted octanol–water partition coefficient (Wildman–Crippen LogP) is 8.90. The van der Waals surface area contributed by atoms with Gasteiger partial charge >= 0.3 is 0 Å². The van der Waals surface area contributed by atoms with E-state index in [0.717, 1.165) is 44.3 Å². The molecule has 3 aliphatic rings. The van der Waals surface area contributed by atoms with E-state index in [1.54, 1.807) is 0 Å². The van der Waals surface area contributed by atoms with Crippen molar-refractivity contribution >= 4 is 22.5 Å². The summed E-state index contributed by atoms with van der Waals surface area (Å²) in [5, 5.41) is 1.48. The minimum absolute atomic E-state index is 0.116. The predicted molar refractivity (Wildman–Crippen MR) is 177 cm³/mol. The van der Waals surface area contributed by atoms with E-state index < -0.39 is 0 Å². The van der Waals surface area contributed by atoms with Gasteiger partial charge in [0.05, 0.1) is 5.75 Å². The van der Waals surface area contributed by atoms with Crippen LogP contribution in [0, 0.1) is 11.8 Å². The number of nitrogens with zero attached hydrogens (tertiary/aromatic N) is 2. The number of thioether (sulfide) groups is 1. The third-order valence-corrected chi connectivity index (χ3v) is 10.6. The molecule has 0 spiro atoms. The lowest BCUT2D eigenvalue weighted by Crippen LogP contribution is -2.37. The zero-order valence-electron chi connectivity index (χ0n) is 25.1. The molecule has 3 heteroatoms. The standard InChI is InChI=1S/C38H47N2S/c1-30(2)21-23-39-25-26-41-37(39)27-36-38(28-32-15-5-3-6-16-32,29-33-17-7-4-8-18-33)34-19-11-12-20-35(34)40(36)24-22-31-13-9-10-14-31/h3-8,11-12,15-20,27,30-31H,9-10,13-14,21-26,28-29H2,1-2H3/q+1. The average molecular weight is 564 g/mol. The van der Waals surface area contributed by atoms with Gasteiger partial charge in [-0.25, -0.2) is 4.58 Å². The maximum absolute atomic E-state index is 2.76. The minimum atomic E-state index is -0.116. The van der Waals surface area contributed by atoms with Crippen LogP contribution in [0.25, 0.3) is 0 Å². The minimum Gasteiger partial charge on any atom is -0.344 e. The first kappa shape index (κ1) is 28.3. The van der Waals surface area contributed by atoms with Gasteiger partial charge < -0.3 is 4.90 Å². The summed E-state index contributed by atoms with van der Waals surface area (Å²) in [6, 6.07) is 31.9. The van der Waals surface area contributed by atoms with Crippen molar-refractivity contribution in [3.8, 4) is 0 Å². The summed E-state index contributed by atoms with van der Waals surface area (Å²) in [4.78, 5) is 2.76. The largest absolute Gasteiger partial charge is 0.344 e. The second-order valence-electron chi connectivity index (χ2n) is 12.9. The molecule has 3 aromatic rings. The van der Waals surface area contributed by atoms with Crippen LogP contribution in [0.2, 0.25) is 0 Å². The smallest absolute Gasteiger partial charge is 0.236 e. The molecule has 0 amide bonds. The van der Waals surface area contributed by atoms with Crippen molar-refractivity contribution in [3.05, 3.63) is 113 Å². The zero-order valence-corrected chi connectivity index (χ0v) is 25.9. The number of allylic oxidation sites excluding steroid dienone is 1. The van der Waals surface area contributed by atoms with Gasteiger partial charge in [0, 0.05) is 35.8 Å². The van der Waals surface area contributed by atoms with E-state index in [0.29, 0.717) is 0 Å². The third-order valence-electron chi connectivity index (χ3n) is 9.58. The second kappa shape index (κ2) is 13.0. The fourth-order valence-electron chi connectivity index (χ4n) is 7.38. The van der Waals surface area contributed by atoms with Gasteiger partial charge in [-0.05, 0) is 53.9 Å². The molecule has 2 heterocycles. The molecular formula is C38H47N2S+. The third kappa shape index (κ3) is 6.36. The molecular weight excluding hydrogens is 516 g/mol.